The quantitative estimate of drug-likeness (QED) is 0.577. The lowest BCUT2D eigenvalue weighted by atomic mass is 10.0. The highest BCUT2D eigenvalue weighted by Crippen LogP contribution is 2.19. The molecule has 0 aliphatic heterocycles. The molecule has 0 amide bonds. The monoisotopic (exact) mass is 307 g/mol. The zero-order chi connectivity index (χ0) is 15.9. The van der Waals surface area contributed by atoms with Gasteiger partial charge in [-0.25, -0.2) is 0 Å². The standard InChI is InChI=1S/C20H25N3/c1-22(14-5-2-6-15-23-16-8-13-21-23)17-19-11-7-10-18-9-3-4-12-20(18)19/h3-4,7-13,16H,2,5-6,14-15,17H2,1H3. The van der Waals surface area contributed by atoms with Crippen LogP contribution in [0.3, 0.4) is 0 Å². The lowest BCUT2D eigenvalue weighted by Crippen LogP contribution is -2.19. The molecule has 1 aromatic heterocycles. The van der Waals surface area contributed by atoms with Crippen molar-refractivity contribution in [2.45, 2.75) is 32.4 Å². The van der Waals surface area contributed by atoms with Gasteiger partial charge in [0.2, 0.25) is 0 Å². The van der Waals surface area contributed by atoms with Gasteiger partial charge in [0.25, 0.3) is 0 Å². The fraction of sp³-hybridized carbons (Fsp3) is 0.350. The van der Waals surface area contributed by atoms with E-state index in [1.807, 2.05) is 23.1 Å². The van der Waals surface area contributed by atoms with Gasteiger partial charge in [-0.3, -0.25) is 4.68 Å². The fourth-order valence-electron chi connectivity index (χ4n) is 3.07. The van der Waals surface area contributed by atoms with E-state index in [4.69, 9.17) is 0 Å². The number of aryl methyl sites for hydroxylation is 1. The van der Waals surface area contributed by atoms with E-state index in [-0.39, 0.29) is 0 Å². The Hall–Kier alpha value is -2.13. The van der Waals surface area contributed by atoms with Crippen LogP contribution in [0.15, 0.2) is 60.9 Å². The van der Waals surface area contributed by atoms with Gasteiger partial charge in [-0.05, 0) is 48.8 Å². The van der Waals surface area contributed by atoms with Crippen LogP contribution in [0.4, 0.5) is 0 Å². The number of aromatic nitrogens is 2. The summed E-state index contributed by atoms with van der Waals surface area (Å²) >= 11 is 0. The number of rotatable bonds is 8. The Morgan fingerprint density at radius 3 is 2.70 bits per heavy atom. The van der Waals surface area contributed by atoms with E-state index in [2.05, 4.69) is 59.5 Å². The summed E-state index contributed by atoms with van der Waals surface area (Å²) in [6.45, 7) is 3.18. The third-order valence-electron chi connectivity index (χ3n) is 4.31. The van der Waals surface area contributed by atoms with Crippen LogP contribution in [0.5, 0.6) is 0 Å². The molecule has 0 aliphatic carbocycles. The van der Waals surface area contributed by atoms with Gasteiger partial charge in [0.15, 0.2) is 0 Å². The van der Waals surface area contributed by atoms with E-state index >= 15 is 0 Å². The summed E-state index contributed by atoms with van der Waals surface area (Å²) in [5.74, 6) is 0. The van der Waals surface area contributed by atoms with Gasteiger partial charge in [0, 0.05) is 25.5 Å². The molecule has 23 heavy (non-hydrogen) atoms. The molecule has 3 rings (SSSR count). The predicted octanol–water partition coefficient (Wildman–Crippen LogP) is 4.34. The third kappa shape index (κ3) is 4.42. The summed E-state index contributed by atoms with van der Waals surface area (Å²) in [5.41, 5.74) is 1.42. The second kappa shape index (κ2) is 7.93. The van der Waals surface area contributed by atoms with Gasteiger partial charge in [-0.15, -0.1) is 0 Å². The van der Waals surface area contributed by atoms with Crippen LogP contribution in [0.25, 0.3) is 10.8 Å². The molecule has 0 spiro atoms. The highest BCUT2D eigenvalue weighted by Gasteiger charge is 2.04. The molecule has 3 heteroatoms. The third-order valence-corrected chi connectivity index (χ3v) is 4.31. The van der Waals surface area contributed by atoms with Gasteiger partial charge in [0.1, 0.15) is 0 Å². The van der Waals surface area contributed by atoms with Crippen molar-refractivity contribution < 1.29 is 0 Å². The molecule has 0 fully saturated rings. The maximum Gasteiger partial charge on any atom is 0.0489 e. The normalized spacial score (nSPS) is 11.4. The predicted molar refractivity (Wildman–Crippen MR) is 96.4 cm³/mol. The average molecular weight is 307 g/mol. The van der Waals surface area contributed by atoms with Crippen molar-refractivity contribution >= 4 is 10.8 Å². The Morgan fingerprint density at radius 1 is 0.957 bits per heavy atom. The number of nitrogens with zero attached hydrogens (tertiary/aromatic N) is 3. The second-order valence-corrected chi connectivity index (χ2v) is 6.21. The van der Waals surface area contributed by atoms with Crippen LogP contribution < -0.4 is 0 Å². The zero-order valence-corrected chi connectivity index (χ0v) is 13.9. The van der Waals surface area contributed by atoms with E-state index in [1.165, 1.54) is 35.6 Å². The first kappa shape index (κ1) is 15.8. The highest BCUT2D eigenvalue weighted by molar-refractivity contribution is 5.85. The molecule has 0 radical (unpaired) electrons. The lowest BCUT2D eigenvalue weighted by Gasteiger charge is -2.18. The minimum atomic E-state index is 1.01. The molecule has 120 valence electrons. The summed E-state index contributed by atoms with van der Waals surface area (Å²) in [6.07, 6.45) is 7.57. The number of hydrogen-bond donors (Lipinski definition) is 0. The summed E-state index contributed by atoms with van der Waals surface area (Å²) in [7, 11) is 2.22. The van der Waals surface area contributed by atoms with E-state index in [0.29, 0.717) is 0 Å². The largest absolute Gasteiger partial charge is 0.302 e. The van der Waals surface area contributed by atoms with Gasteiger partial charge in [-0.1, -0.05) is 48.9 Å². The zero-order valence-electron chi connectivity index (χ0n) is 13.9. The highest BCUT2D eigenvalue weighted by atomic mass is 15.3. The maximum absolute atomic E-state index is 4.24. The van der Waals surface area contributed by atoms with Crippen LogP contribution >= 0.6 is 0 Å². The molecule has 0 saturated heterocycles. The Labute approximate surface area is 138 Å². The van der Waals surface area contributed by atoms with E-state index in [9.17, 15) is 0 Å². The Bertz CT molecular complexity index is 713. The maximum atomic E-state index is 4.24. The molecule has 0 unspecified atom stereocenters. The first-order chi connectivity index (χ1) is 11.3. The Kier molecular flexibility index (Phi) is 5.43. The number of fused-ring (bicyclic) bond motifs is 1. The van der Waals surface area contributed by atoms with Crippen molar-refractivity contribution in [3.05, 3.63) is 66.5 Å². The summed E-state index contributed by atoms with van der Waals surface area (Å²) < 4.78 is 2.01. The molecule has 0 bridgehead atoms. The van der Waals surface area contributed by atoms with Crippen LogP contribution in [0, 0.1) is 0 Å². The van der Waals surface area contributed by atoms with Crippen LogP contribution in [0.2, 0.25) is 0 Å². The molecule has 3 aromatic rings. The Morgan fingerprint density at radius 2 is 1.83 bits per heavy atom. The number of unbranched alkanes of at least 4 members (excludes halogenated alkanes) is 2. The number of hydrogen-bond acceptors (Lipinski definition) is 2. The summed E-state index contributed by atoms with van der Waals surface area (Å²) in [4.78, 5) is 2.43. The molecular formula is C20H25N3. The summed E-state index contributed by atoms with van der Waals surface area (Å²) in [5, 5.41) is 6.95. The van der Waals surface area contributed by atoms with Crippen LogP contribution in [-0.2, 0) is 13.1 Å². The van der Waals surface area contributed by atoms with Crippen molar-refractivity contribution in [3.8, 4) is 0 Å². The average Bonchev–Trinajstić information content (AvgIpc) is 3.08. The minimum Gasteiger partial charge on any atom is -0.302 e. The van der Waals surface area contributed by atoms with Gasteiger partial charge in [-0.2, -0.15) is 5.10 Å². The van der Waals surface area contributed by atoms with E-state index in [0.717, 1.165) is 19.6 Å². The molecule has 0 aliphatic rings. The molecular weight excluding hydrogens is 282 g/mol. The van der Waals surface area contributed by atoms with Crippen molar-refractivity contribution in [1.29, 1.82) is 0 Å². The topological polar surface area (TPSA) is 21.1 Å². The fourth-order valence-corrected chi connectivity index (χ4v) is 3.07. The SMILES string of the molecule is CN(CCCCCn1cccn1)Cc1cccc2ccccc12. The second-order valence-electron chi connectivity index (χ2n) is 6.21. The molecule has 0 saturated carbocycles. The van der Waals surface area contributed by atoms with Crippen LogP contribution in [-0.4, -0.2) is 28.3 Å². The number of benzene rings is 2. The van der Waals surface area contributed by atoms with Crippen molar-refractivity contribution in [2.75, 3.05) is 13.6 Å². The first-order valence-corrected chi connectivity index (χ1v) is 8.45. The van der Waals surface area contributed by atoms with Gasteiger partial charge in [0.05, 0.1) is 0 Å². The van der Waals surface area contributed by atoms with Crippen molar-refractivity contribution in [2.24, 2.45) is 0 Å². The van der Waals surface area contributed by atoms with Crippen molar-refractivity contribution in [3.63, 3.8) is 0 Å². The molecule has 0 atom stereocenters. The Balaban J connectivity index is 1.44. The summed E-state index contributed by atoms with van der Waals surface area (Å²) in [6, 6.07) is 17.2. The molecule has 1 heterocycles. The molecule has 3 nitrogen and oxygen atoms in total. The molecule has 0 N–H and O–H groups in total. The van der Waals surface area contributed by atoms with Crippen LogP contribution in [0.1, 0.15) is 24.8 Å². The lowest BCUT2D eigenvalue weighted by molar-refractivity contribution is 0.316. The van der Waals surface area contributed by atoms with Crippen molar-refractivity contribution in [1.82, 2.24) is 14.7 Å². The van der Waals surface area contributed by atoms with Gasteiger partial charge < -0.3 is 4.90 Å². The van der Waals surface area contributed by atoms with E-state index in [1.54, 1.807) is 0 Å². The van der Waals surface area contributed by atoms with E-state index < -0.39 is 0 Å². The van der Waals surface area contributed by atoms with Gasteiger partial charge >= 0.3 is 0 Å². The molecule has 2 aromatic carbocycles. The smallest absolute Gasteiger partial charge is 0.0489 e. The first-order valence-electron chi connectivity index (χ1n) is 8.45. The minimum absolute atomic E-state index is 1.01.